The number of hydrogen-bond donors (Lipinski definition) is 2. The van der Waals surface area contributed by atoms with E-state index in [1.807, 2.05) is 0 Å². The minimum absolute atomic E-state index is 0.0592. The highest BCUT2D eigenvalue weighted by atomic mass is 16.8. The van der Waals surface area contributed by atoms with Gasteiger partial charge in [0.25, 0.3) is 0 Å². The van der Waals surface area contributed by atoms with E-state index in [0.29, 0.717) is 0 Å². The molecule has 1 aromatic heterocycles. The smallest absolute Gasteiger partial charge is 0.438 e. The third-order valence-electron chi connectivity index (χ3n) is 3.50. The monoisotopic (exact) mass is 343 g/mol. The van der Waals surface area contributed by atoms with Crippen molar-refractivity contribution in [3.63, 3.8) is 0 Å². The van der Waals surface area contributed by atoms with Gasteiger partial charge < -0.3 is 23.7 Å². The van der Waals surface area contributed by atoms with Crippen LogP contribution in [0.1, 0.15) is 6.23 Å². The van der Waals surface area contributed by atoms with Gasteiger partial charge in [0, 0.05) is 6.20 Å². The maximum Gasteiger partial charge on any atom is 0.509 e. The fourth-order valence-electron chi connectivity index (χ4n) is 2.46. The van der Waals surface area contributed by atoms with Crippen LogP contribution in [0.3, 0.4) is 0 Å². The largest absolute Gasteiger partial charge is 0.509 e. The SMILES string of the molecule is COC(=O)OC[C@H]1O[C@@H](n2ccc(NO)nc2=O)[C@@H]2OC(=O)O[C@@H]21. The Morgan fingerprint density at radius 1 is 1.42 bits per heavy atom. The summed E-state index contributed by atoms with van der Waals surface area (Å²) in [6, 6.07) is 1.32. The summed E-state index contributed by atoms with van der Waals surface area (Å²) in [7, 11) is 1.14. The molecule has 0 spiro atoms. The molecule has 2 aliphatic rings. The molecule has 12 nitrogen and oxygen atoms in total. The Labute approximate surface area is 133 Å². The van der Waals surface area contributed by atoms with Gasteiger partial charge in [-0.15, -0.1) is 0 Å². The van der Waals surface area contributed by atoms with Gasteiger partial charge in [0.05, 0.1) is 7.11 Å². The normalized spacial score (nSPS) is 27.8. The average molecular weight is 343 g/mol. The summed E-state index contributed by atoms with van der Waals surface area (Å²) in [5.74, 6) is -0.0592. The van der Waals surface area contributed by atoms with E-state index in [0.717, 1.165) is 11.7 Å². The Hall–Kier alpha value is -2.86. The van der Waals surface area contributed by atoms with E-state index in [2.05, 4.69) is 9.72 Å². The highest BCUT2D eigenvalue weighted by Gasteiger charge is 2.55. The van der Waals surface area contributed by atoms with E-state index in [9.17, 15) is 14.4 Å². The number of rotatable bonds is 4. The molecule has 0 bridgehead atoms. The minimum atomic E-state index is -1.03. The molecule has 3 rings (SSSR count). The first-order chi connectivity index (χ1) is 11.5. The molecule has 0 aromatic carbocycles. The molecule has 4 atom stereocenters. The van der Waals surface area contributed by atoms with Gasteiger partial charge in [0.15, 0.2) is 24.3 Å². The van der Waals surface area contributed by atoms with Crippen LogP contribution in [0.15, 0.2) is 17.1 Å². The van der Waals surface area contributed by atoms with Crippen LogP contribution in [0.2, 0.25) is 0 Å². The van der Waals surface area contributed by atoms with E-state index in [1.165, 1.54) is 12.3 Å². The fraction of sp³-hybridized carbons (Fsp3) is 0.500. The number of nitrogens with zero attached hydrogens (tertiary/aromatic N) is 2. The van der Waals surface area contributed by atoms with Gasteiger partial charge in [0.2, 0.25) is 0 Å². The van der Waals surface area contributed by atoms with Gasteiger partial charge in [-0.1, -0.05) is 0 Å². The van der Waals surface area contributed by atoms with Crippen molar-refractivity contribution in [3.05, 3.63) is 22.7 Å². The standard InChI is InChI=1S/C12H13N3O9/c1-20-11(17)21-4-5-7-8(24-12(18)23-7)9(22-5)15-3-2-6(14-19)13-10(15)16/h2-3,5,7-9,19H,4H2,1H3,(H,13,14,16)/t5-,7-,8-,9-/m1/s1. The van der Waals surface area contributed by atoms with Crippen LogP contribution in [0.25, 0.3) is 0 Å². The van der Waals surface area contributed by atoms with Crippen LogP contribution in [-0.4, -0.2) is 59.1 Å². The van der Waals surface area contributed by atoms with E-state index in [-0.39, 0.29) is 12.4 Å². The van der Waals surface area contributed by atoms with Crippen LogP contribution < -0.4 is 11.2 Å². The lowest BCUT2D eigenvalue weighted by Gasteiger charge is -2.18. The summed E-state index contributed by atoms with van der Waals surface area (Å²) in [5, 5.41) is 8.75. The van der Waals surface area contributed by atoms with Crippen LogP contribution >= 0.6 is 0 Å². The number of hydrogen-bond acceptors (Lipinski definition) is 11. The summed E-state index contributed by atoms with van der Waals surface area (Å²) in [6.07, 6.45) is -4.22. The number of methoxy groups -OCH3 is 1. The number of aromatic nitrogens is 2. The highest BCUT2D eigenvalue weighted by molar-refractivity contribution is 5.63. The molecule has 3 heterocycles. The van der Waals surface area contributed by atoms with Gasteiger partial charge in [-0.25, -0.2) is 14.4 Å². The number of ether oxygens (including phenoxy) is 5. The number of nitrogens with one attached hydrogen (secondary N) is 1. The van der Waals surface area contributed by atoms with Crippen molar-refractivity contribution >= 4 is 18.1 Å². The first-order valence-corrected chi connectivity index (χ1v) is 6.76. The van der Waals surface area contributed by atoms with Crippen molar-refractivity contribution in [2.75, 3.05) is 19.2 Å². The van der Waals surface area contributed by atoms with E-state index in [1.54, 1.807) is 5.48 Å². The summed E-state index contributed by atoms with van der Waals surface area (Å²) in [5.41, 5.74) is 0.986. The van der Waals surface area contributed by atoms with Gasteiger partial charge >= 0.3 is 18.0 Å². The third kappa shape index (κ3) is 2.83. The van der Waals surface area contributed by atoms with Crippen molar-refractivity contribution < 1.29 is 38.5 Å². The fourth-order valence-corrected chi connectivity index (χ4v) is 2.46. The van der Waals surface area contributed by atoms with Gasteiger partial charge in [-0.2, -0.15) is 4.98 Å². The van der Waals surface area contributed by atoms with Crippen LogP contribution in [0.5, 0.6) is 0 Å². The Morgan fingerprint density at radius 2 is 2.17 bits per heavy atom. The lowest BCUT2D eigenvalue weighted by Crippen LogP contribution is -2.34. The molecular weight excluding hydrogens is 330 g/mol. The van der Waals surface area contributed by atoms with Crippen molar-refractivity contribution in [1.82, 2.24) is 9.55 Å². The van der Waals surface area contributed by atoms with Crippen LogP contribution in [0, 0.1) is 0 Å². The minimum Gasteiger partial charge on any atom is -0.438 e. The molecule has 0 saturated carbocycles. The predicted molar refractivity (Wildman–Crippen MR) is 71.3 cm³/mol. The number of carbonyl (C=O) groups excluding carboxylic acids is 2. The lowest BCUT2D eigenvalue weighted by atomic mass is 10.1. The second-order valence-corrected chi connectivity index (χ2v) is 4.86. The maximum absolute atomic E-state index is 12.0. The highest BCUT2D eigenvalue weighted by Crippen LogP contribution is 2.37. The number of carbonyl (C=O) groups is 2. The maximum atomic E-state index is 12.0. The molecule has 1 aromatic rings. The molecular formula is C12H13N3O9. The first kappa shape index (κ1) is 16.0. The number of fused-ring (bicyclic) bond motifs is 1. The summed E-state index contributed by atoms with van der Waals surface area (Å²) in [6.45, 7) is -0.264. The third-order valence-corrected chi connectivity index (χ3v) is 3.50. The molecule has 0 unspecified atom stereocenters. The first-order valence-electron chi connectivity index (χ1n) is 6.76. The van der Waals surface area contributed by atoms with Gasteiger partial charge in [0.1, 0.15) is 12.7 Å². The van der Waals surface area contributed by atoms with Crippen molar-refractivity contribution in [1.29, 1.82) is 0 Å². The lowest BCUT2D eigenvalue weighted by molar-refractivity contribution is -0.0792. The Bertz CT molecular complexity index is 705. The van der Waals surface area contributed by atoms with E-state index in [4.69, 9.17) is 24.2 Å². The summed E-state index contributed by atoms with van der Waals surface area (Å²) in [4.78, 5) is 38.0. The molecule has 24 heavy (non-hydrogen) atoms. The Balaban J connectivity index is 1.82. The molecule has 0 amide bonds. The summed E-state index contributed by atoms with van der Waals surface area (Å²) < 4.78 is 25.8. The molecule has 2 fully saturated rings. The quantitative estimate of drug-likeness (QED) is 0.545. The molecule has 2 N–H and O–H groups in total. The van der Waals surface area contributed by atoms with Crippen molar-refractivity contribution in [2.45, 2.75) is 24.5 Å². The van der Waals surface area contributed by atoms with E-state index >= 15 is 0 Å². The zero-order valence-corrected chi connectivity index (χ0v) is 12.3. The Kier molecular flexibility index (Phi) is 4.22. The Morgan fingerprint density at radius 3 is 2.83 bits per heavy atom. The topological polar surface area (TPSA) is 147 Å². The van der Waals surface area contributed by atoms with E-state index < -0.39 is 42.5 Å². The second kappa shape index (κ2) is 6.33. The van der Waals surface area contributed by atoms with Gasteiger partial charge in [-0.3, -0.25) is 15.3 Å². The van der Waals surface area contributed by atoms with Gasteiger partial charge in [-0.05, 0) is 6.07 Å². The average Bonchev–Trinajstić information content (AvgIpc) is 3.10. The number of anilines is 1. The molecule has 130 valence electrons. The zero-order chi connectivity index (χ0) is 17.3. The molecule has 0 aliphatic carbocycles. The second-order valence-electron chi connectivity index (χ2n) is 4.86. The van der Waals surface area contributed by atoms with Crippen molar-refractivity contribution in [2.24, 2.45) is 0 Å². The molecule has 0 radical (unpaired) electrons. The molecule has 2 aliphatic heterocycles. The van der Waals surface area contributed by atoms with Crippen molar-refractivity contribution in [3.8, 4) is 0 Å². The van der Waals surface area contributed by atoms with Crippen LogP contribution in [-0.2, 0) is 23.7 Å². The summed E-state index contributed by atoms with van der Waals surface area (Å²) >= 11 is 0. The molecule has 12 heteroatoms. The zero-order valence-electron chi connectivity index (χ0n) is 12.3. The van der Waals surface area contributed by atoms with Crippen LogP contribution in [0.4, 0.5) is 15.4 Å². The molecule has 2 saturated heterocycles. The predicted octanol–water partition coefficient (Wildman–Crippen LogP) is -0.371.